The quantitative estimate of drug-likeness (QED) is 0.895. The van der Waals surface area contributed by atoms with Crippen molar-refractivity contribution in [1.29, 1.82) is 5.26 Å². The van der Waals surface area contributed by atoms with Crippen LogP contribution in [0.3, 0.4) is 0 Å². The summed E-state index contributed by atoms with van der Waals surface area (Å²) in [6.07, 6.45) is 0.390. The number of amides is 1. The normalized spacial score (nSPS) is 16.0. The average Bonchev–Trinajstić information content (AvgIpc) is 2.76. The molecule has 0 aromatic heterocycles. The molecule has 3 rings (SSSR count). The molecule has 1 aliphatic rings. The molecular formula is C16H12BrN3O. The van der Waals surface area contributed by atoms with Crippen molar-refractivity contribution in [3.8, 4) is 6.07 Å². The van der Waals surface area contributed by atoms with Gasteiger partial charge < -0.3 is 10.6 Å². The SMILES string of the molecule is N#CCc1ccc(NC2C(=O)Nc3cc(Br)ccc32)cc1. The van der Waals surface area contributed by atoms with Crippen LogP contribution in [0.4, 0.5) is 11.4 Å². The maximum atomic E-state index is 12.1. The van der Waals surface area contributed by atoms with Crippen LogP contribution in [0.1, 0.15) is 17.2 Å². The fourth-order valence-electron chi connectivity index (χ4n) is 2.35. The predicted molar refractivity (Wildman–Crippen MR) is 84.9 cm³/mol. The van der Waals surface area contributed by atoms with Crippen molar-refractivity contribution in [2.45, 2.75) is 12.5 Å². The summed E-state index contributed by atoms with van der Waals surface area (Å²) >= 11 is 3.40. The number of halogens is 1. The molecule has 0 bridgehead atoms. The Bertz CT molecular complexity index is 734. The van der Waals surface area contributed by atoms with Crippen LogP contribution in [-0.2, 0) is 11.2 Å². The third kappa shape index (κ3) is 2.76. The zero-order valence-electron chi connectivity index (χ0n) is 11.1. The van der Waals surface area contributed by atoms with E-state index < -0.39 is 6.04 Å². The molecule has 0 fully saturated rings. The molecule has 1 heterocycles. The number of hydrogen-bond acceptors (Lipinski definition) is 3. The number of carbonyl (C=O) groups is 1. The maximum Gasteiger partial charge on any atom is 0.251 e. The number of nitrogens with one attached hydrogen (secondary N) is 2. The summed E-state index contributed by atoms with van der Waals surface area (Å²) in [4.78, 5) is 12.1. The summed E-state index contributed by atoms with van der Waals surface area (Å²) in [6.45, 7) is 0. The highest BCUT2D eigenvalue weighted by Crippen LogP contribution is 2.35. The summed E-state index contributed by atoms with van der Waals surface area (Å²) in [5, 5.41) is 14.8. The van der Waals surface area contributed by atoms with Crippen LogP contribution < -0.4 is 10.6 Å². The Morgan fingerprint density at radius 2 is 2.00 bits per heavy atom. The van der Waals surface area contributed by atoms with E-state index >= 15 is 0 Å². The lowest BCUT2D eigenvalue weighted by atomic mass is 10.1. The van der Waals surface area contributed by atoms with Gasteiger partial charge in [-0.25, -0.2) is 0 Å². The minimum absolute atomic E-state index is 0.0656. The van der Waals surface area contributed by atoms with Gasteiger partial charge in [0.25, 0.3) is 5.91 Å². The Kier molecular flexibility index (Phi) is 3.63. The molecule has 21 heavy (non-hydrogen) atoms. The monoisotopic (exact) mass is 341 g/mol. The molecule has 2 N–H and O–H groups in total. The number of carbonyl (C=O) groups excluding carboxylic acids is 1. The Hall–Kier alpha value is -2.32. The van der Waals surface area contributed by atoms with Crippen LogP contribution in [0.5, 0.6) is 0 Å². The van der Waals surface area contributed by atoms with Crippen molar-refractivity contribution in [1.82, 2.24) is 0 Å². The number of rotatable bonds is 3. The van der Waals surface area contributed by atoms with Gasteiger partial charge in [0.2, 0.25) is 0 Å². The first-order valence-corrected chi connectivity index (χ1v) is 7.29. The Balaban J connectivity index is 1.82. The zero-order valence-corrected chi connectivity index (χ0v) is 12.6. The Morgan fingerprint density at radius 3 is 2.71 bits per heavy atom. The number of benzene rings is 2. The second-order valence-electron chi connectivity index (χ2n) is 4.83. The fourth-order valence-corrected chi connectivity index (χ4v) is 2.72. The number of nitrogens with zero attached hydrogens (tertiary/aromatic N) is 1. The molecule has 1 aliphatic heterocycles. The van der Waals surface area contributed by atoms with Gasteiger partial charge in [0.15, 0.2) is 0 Å². The number of nitriles is 1. The van der Waals surface area contributed by atoms with Crippen molar-refractivity contribution >= 4 is 33.2 Å². The van der Waals surface area contributed by atoms with Crippen LogP contribution in [-0.4, -0.2) is 5.91 Å². The first-order valence-electron chi connectivity index (χ1n) is 6.50. The van der Waals surface area contributed by atoms with Crippen molar-refractivity contribution in [3.05, 3.63) is 58.1 Å². The lowest BCUT2D eigenvalue weighted by Crippen LogP contribution is -2.19. The molecule has 4 nitrogen and oxygen atoms in total. The molecule has 1 atom stereocenters. The van der Waals surface area contributed by atoms with Gasteiger partial charge >= 0.3 is 0 Å². The minimum atomic E-state index is -0.394. The van der Waals surface area contributed by atoms with E-state index in [9.17, 15) is 4.79 Å². The Morgan fingerprint density at radius 1 is 1.24 bits per heavy atom. The van der Waals surface area contributed by atoms with E-state index in [1.54, 1.807) is 0 Å². The van der Waals surface area contributed by atoms with E-state index in [1.165, 1.54) is 0 Å². The molecule has 2 aromatic carbocycles. The average molecular weight is 342 g/mol. The highest BCUT2D eigenvalue weighted by molar-refractivity contribution is 9.10. The van der Waals surface area contributed by atoms with E-state index in [1.807, 2.05) is 42.5 Å². The van der Waals surface area contributed by atoms with Crippen molar-refractivity contribution in [2.75, 3.05) is 10.6 Å². The van der Waals surface area contributed by atoms with Gasteiger partial charge in [-0.1, -0.05) is 34.1 Å². The van der Waals surface area contributed by atoms with Gasteiger partial charge in [-0.2, -0.15) is 5.26 Å². The molecule has 2 aromatic rings. The van der Waals surface area contributed by atoms with Crippen molar-refractivity contribution in [3.63, 3.8) is 0 Å². The smallest absolute Gasteiger partial charge is 0.251 e. The predicted octanol–water partition coefficient (Wildman–Crippen LogP) is 3.62. The molecule has 5 heteroatoms. The van der Waals surface area contributed by atoms with Gasteiger partial charge in [0.05, 0.1) is 12.5 Å². The standard InChI is InChI=1S/C16H12BrN3O/c17-11-3-6-13-14(9-11)20-16(21)15(13)19-12-4-1-10(2-5-12)7-8-18/h1-6,9,15,19H,7H2,(H,20,21). The van der Waals surface area contributed by atoms with Crippen LogP contribution in [0.15, 0.2) is 46.9 Å². The third-order valence-corrected chi connectivity index (χ3v) is 3.89. The summed E-state index contributed by atoms with van der Waals surface area (Å²) < 4.78 is 0.933. The van der Waals surface area contributed by atoms with Gasteiger partial charge in [-0.05, 0) is 29.8 Å². The Labute approximate surface area is 130 Å². The zero-order chi connectivity index (χ0) is 14.8. The van der Waals surface area contributed by atoms with E-state index in [-0.39, 0.29) is 5.91 Å². The van der Waals surface area contributed by atoms with Gasteiger partial charge in [0.1, 0.15) is 6.04 Å². The maximum absolute atomic E-state index is 12.1. The highest BCUT2D eigenvalue weighted by atomic mass is 79.9. The van der Waals surface area contributed by atoms with Crippen molar-refractivity contribution < 1.29 is 4.79 Å². The van der Waals surface area contributed by atoms with Crippen LogP contribution in [0.2, 0.25) is 0 Å². The molecule has 0 spiro atoms. The molecule has 0 aliphatic carbocycles. The van der Waals surface area contributed by atoms with E-state index in [0.717, 1.165) is 27.0 Å². The van der Waals surface area contributed by atoms with E-state index in [4.69, 9.17) is 5.26 Å². The summed E-state index contributed by atoms with van der Waals surface area (Å²) in [7, 11) is 0. The summed E-state index contributed by atoms with van der Waals surface area (Å²) in [5.74, 6) is -0.0656. The highest BCUT2D eigenvalue weighted by Gasteiger charge is 2.30. The molecule has 1 unspecified atom stereocenters. The first-order chi connectivity index (χ1) is 10.2. The number of anilines is 2. The van der Waals surface area contributed by atoms with Crippen molar-refractivity contribution in [2.24, 2.45) is 0 Å². The largest absolute Gasteiger partial charge is 0.370 e. The van der Waals surface area contributed by atoms with Crippen LogP contribution in [0.25, 0.3) is 0 Å². The molecular weight excluding hydrogens is 330 g/mol. The molecule has 104 valence electrons. The molecule has 1 amide bonds. The molecule has 0 saturated heterocycles. The summed E-state index contributed by atoms with van der Waals surface area (Å²) in [5.41, 5.74) is 3.58. The number of hydrogen-bond donors (Lipinski definition) is 2. The van der Waals surface area contributed by atoms with Crippen LogP contribution in [0, 0.1) is 11.3 Å². The topological polar surface area (TPSA) is 64.9 Å². The van der Waals surface area contributed by atoms with Gasteiger partial charge in [-0.15, -0.1) is 0 Å². The minimum Gasteiger partial charge on any atom is -0.370 e. The lowest BCUT2D eigenvalue weighted by Gasteiger charge is -2.13. The lowest BCUT2D eigenvalue weighted by molar-refractivity contribution is -0.116. The second kappa shape index (κ2) is 5.58. The van der Waals surface area contributed by atoms with E-state index in [2.05, 4.69) is 32.6 Å². The fraction of sp³-hybridized carbons (Fsp3) is 0.125. The van der Waals surface area contributed by atoms with Crippen LogP contribution >= 0.6 is 15.9 Å². The second-order valence-corrected chi connectivity index (χ2v) is 5.75. The first kappa shape index (κ1) is 13.7. The summed E-state index contributed by atoms with van der Waals surface area (Å²) in [6, 6.07) is 15.0. The third-order valence-electron chi connectivity index (χ3n) is 3.39. The molecule has 0 saturated carbocycles. The van der Waals surface area contributed by atoms with Gasteiger partial charge in [0, 0.05) is 21.4 Å². The molecule has 0 radical (unpaired) electrons. The van der Waals surface area contributed by atoms with E-state index in [0.29, 0.717) is 6.42 Å². The number of fused-ring (bicyclic) bond motifs is 1. The van der Waals surface area contributed by atoms with Gasteiger partial charge in [-0.3, -0.25) is 4.79 Å².